The molecule has 0 heterocycles. The van der Waals surface area contributed by atoms with Crippen molar-refractivity contribution in [3.63, 3.8) is 0 Å². The van der Waals surface area contributed by atoms with Crippen LogP contribution in [0.25, 0.3) is 0 Å². The SMILES string of the molecule is Cc1cccc(C(=O)NC(C)/C(N)=N/O)c1. The summed E-state index contributed by atoms with van der Waals surface area (Å²) >= 11 is 0. The molecule has 5 nitrogen and oxygen atoms in total. The van der Waals surface area contributed by atoms with E-state index in [4.69, 9.17) is 10.9 Å². The molecule has 1 rings (SSSR count). The maximum absolute atomic E-state index is 11.7. The van der Waals surface area contributed by atoms with Gasteiger partial charge < -0.3 is 16.3 Å². The molecule has 0 aliphatic rings. The third-order valence-electron chi connectivity index (χ3n) is 2.19. The highest BCUT2D eigenvalue weighted by Gasteiger charge is 2.12. The highest BCUT2D eigenvalue weighted by Crippen LogP contribution is 2.03. The van der Waals surface area contributed by atoms with Gasteiger partial charge in [0, 0.05) is 5.56 Å². The Morgan fingerprint density at radius 3 is 2.81 bits per heavy atom. The number of nitrogens with two attached hydrogens (primary N) is 1. The second-order valence-corrected chi connectivity index (χ2v) is 3.59. The molecule has 0 aliphatic carbocycles. The molecule has 0 saturated heterocycles. The summed E-state index contributed by atoms with van der Waals surface area (Å²) in [6.45, 7) is 3.55. The van der Waals surface area contributed by atoms with Gasteiger partial charge in [-0.25, -0.2) is 0 Å². The third-order valence-corrected chi connectivity index (χ3v) is 2.19. The second-order valence-electron chi connectivity index (χ2n) is 3.59. The number of aryl methyl sites for hydroxylation is 1. The molecule has 0 saturated carbocycles. The number of benzene rings is 1. The van der Waals surface area contributed by atoms with Gasteiger partial charge in [-0.3, -0.25) is 4.79 Å². The minimum Gasteiger partial charge on any atom is -0.409 e. The quantitative estimate of drug-likeness (QED) is 0.306. The van der Waals surface area contributed by atoms with E-state index in [-0.39, 0.29) is 11.7 Å². The molecule has 0 spiro atoms. The van der Waals surface area contributed by atoms with Crippen LogP contribution in [-0.4, -0.2) is 23.0 Å². The molecule has 0 aliphatic heterocycles. The number of nitrogens with zero attached hydrogens (tertiary/aromatic N) is 1. The Hall–Kier alpha value is -2.04. The fraction of sp³-hybridized carbons (Fsp3) is 0.273. The van der Waals surface area contributed by atoms with Crippen LogP contribution in [0.1, 0.15) is 22.8 Å². The molecule has 1 aromatic carbocycles. The standard InChI is InChI=1S/C11H15N3O2/c1-7-4-3-5-9(6-7)11(15)13-8(2)10(12)14-16/h3-6,8,16H,1-2H3,(H2,12,14)(H,13,15). The van der Waals surface area contributed by atoms with Gasteiger partial charge in [0.15, 0.2) is 5.84 Å². The van der Waals surface area contributed by atoms with Gasteiger partial charge in [0.05, 0.1) is 6.04 Å². The highest BCUT2D eigenvalue weighted by molar-refractivity contribution is 5.98. The monoisotopic (exact) mass is 221 g/mol. The minimum absolute atomic E-state index is 0.0268. The first-order valence-electron chi connectivity index (χ1n) is 4.89. The zero-order valence-electron chi connectivity index (χ0n) is 9.27. The number of oxime groups is 1. The summed E-state index contributed by atoms with van der Waals surface area (Å²) in [5, 5.41) is 13.9. The number of nitrogens with one attached hydrogen (secondary N) is 1. The molecule has 0 bridgehead atoms. The first-order chi connectivity index (χ1) is 7.54. The summed E-state index contributed by atoms with van der Waals surface area (Å²) in [6.07, 6.45) is 0. The first kappa shape index (κ1) is 12.0. The largest absolute Gasteiger partial charge is 0.409 e. The average Bonchev–Trinajstić information content (AvgIpc) is 2.27. The summed E-state index contributed by atoms with van der Waals surface area (Å²) in [6, 6.07) is 6.69. The molecule has 1 atom stereocenters. The van der Waals surface area contributed by atoms with E-state index in [9.17, 15) is 4.79 Å². The van der Waals surface area contributed by atoms with Crippen LogP contribution in [0.4, 0.5) is 0 Å². The molecular formula is C11H15N3O2. The van der Waals surface area contributed by atoms with Crippen LogP contribution in [0.2, 0.25) is 0 Å². The van der Waals surface area contributed by atoms with Gasteiger partial charge in [-0.2, -0.15) is 0 Å². The van der Waals surface area contributed by atoms with E-state index in [0.29, 0.717) is 5.56 Å². The summed E-state index contributed by atoms with van der Waals surface area (Å²) in [7, 11) is 0. The Balaban J connectivity index is 2.73. The Kier molecular flexibility index (Phi) is 3.88. The number of hydrogen-bond donors (Lipinski definition) is 3. The zero-order valence-corrected chi connectivity index (χ0v) is 9.27. The van der Waals surface area contributed by atoms with Crippen LogP contribution in [-0.2, 0) is 0 Å². The van der Waals surface area contributed by atoms with E-state index in [0.717, 1.165) is 5.56 Å². The van der Waals surface area contributed by atoms with Crippen molar-refractivity contribution in [2.24, 2.45) is 10.9 Å². The van der Waals surface area contributed by atoms with Crippen LogP contribution in [0, 0.1) is 6.92 Å². The number of amidine groups is 1. The topological polar surface area (TPSA) is 87.7 Å². The first-order valence-corrected chi connectivity index (χ1v) is 4.89. The molecule has 1 amide bonds. The second kappa shape index (κ2) is 5.16. The van der Waals surface area contributed by atoms with E-state index in [1.165, 1.54) is 0 Å². The van der Waals surface area contributed by atoms with Gasteiger partial charge in [0.1, 0.15) is 0 Å². The number of carbonyl (C=O) groups is 1. The van der Waals surface area contributed by atoms with Crippen molar-refractivity contribution in [3.8, 4) is 0 Å². The summed E-state index contributed by atoms with van der Waals surface area (Å²) in [5.74, 6) is -0.274. The van der Waals surface area contributed by atoms with Crippen molar-refractivity contribution in [2.45, 2.75) is 19.9 Å². The lowest BCUT2D eigenvalue weighted by molar-refractivity contribution is 0.0948. The maximum atomic E-state index is 11.7. The fourth-order valence-corrected chi connectivity index (χ4v) is 1.23. The van der Waals surface area contributed by atoms with Crippen molar-refractivity contribution in [1.29, 1.82) is 0 Å². The van der Waals surface area contributed by atoms with E-state index >= 15 is 0 Å². The van der Waals surface area contributed by atoms with Crippen molar-refractivity contribution >= 4 is 11.7 Å². The van der Waals surface area contributed by atoms with Gasteiger partial charge in [-0.15, -0.1) is 0 Å². The highest BCUT2D eigenvalue weighted by atomic mass is 16.4. The van der Waals surface area contributed by atoms with E-state index in [1.54, 1.807) is 25.1 Å². The molecule has 0 radical (unpaired) electrons. The predicted molar refractivity (Wildman–Crippen MR) is 61.5 cm³/mol. The lowest BCUT2D eigenvalue weighted by atomic mass is 10.1. The molecule has 1 aromatic rings. The van der Waals surface area contributed by atoms with E-state index in [1.807, 2.05) is 13.0 Å². The Morgan fingerprint density at radius 2 is 2.25 bits per heavy atom. The normalized spacial score (nSPS) is 13.2. The Bertz CT molecular complexity index is 415. The maximum Gasteiger partial charge on any atom is 0.251 e. The van der Waals surface area contributed by atoms with E-state index < -0.39 is 6.04 Å². The molecule has 1 unspecified atom stereocenters. The molecular weight excluding hydrogens is 206 g/mol. The van der Waals surface area contributed by atoms with Crippen molar-refractivity contribution in [1.82, 2.24) is 5.32 Å². The predicted octanol–water partition coefficient (Wildman–Crippen LogP) is 0.860. The smallest absolute Gasteiger partial charge is 0.251 e. The van der Waals surface area contributed by atoms with Crippen molar-refractivity contribution < 1.29 is 10.0 Å². The van der Waals surface area contributed by atoms with Gasteiger partial charge in [-0.05, 0) is 26.0 Å². The number of rotatable bonds is 3. The van der Waals surface area contributed by atoms with Crippen LogP contribution in [0.3, 0.4) is 0 Å². The van der Waals surface area contributed by atoms with Gasteiger partial charge in [0.25, 0.3) is 5.91 Å². The van der Waals surface area contributed by atoms with Crippen LogP contribution < -0.4 is 11.1 Å². The third kappa shape index (κ3) is 2.98. The fourth-order valence-electron chi connectivity index (χ4n) is 1.23. The van der Waals surface area contributed by atoms with Crippen molar-refractivity contribution in [3.05, 3.63) is 35.4 Å². The lowest BCUT2D eigenvalue weighted by Gasteiger charge is -2.12. The van der Waals surface area contributed by atoms with E-state index in [2.05, 4.69) is 10.5 Å². The van der Waals surface area contributed by atoms with Gasteiger partial charge in [0.2, 0.25) is 0 Å². The van der Waals surface area contributed by atoms with Gasteiger partial charge >= 0.3 is 0 Å². The average molecular weight is 221 g/mol. The van der Waals surface area contributed by atoms with Crippen LogP contribution in [0.5, 0.6) is 0 Å². The van der Waals surface area contributed by atoms with Crippen LogP contribution in [0.15, 0.2) is 29.4 Å². The minimum atomic E-state index is -0.502. The molecule has 16 heavy (non-hydrogen) atoms. The number of carbonyl (C=O) groups excluding carboxylic acids is 1. The van der Waals surface area contributed by atoms with Crippen LogP contribution >= 0.6 is 0 Å². The number of hydrogen-bond acceptors (Lipinski definition) is 3. The molecule has 5 heteroatoms. The number of amides is 1. The molecule has 0 aromatic heterocycles. The summed E-state index contributed by atoms with van der Waals surface area (Å²) < 4.78 is 0. The zero-order chi connectivity index (χ0) is 12.1. The molecule has 0 fully saturated rings. The Labute approximate surface area is 94.0 Å². The summed E-state index contributed by atoms with van der Waals surface area (Å²) in [5.41, 5.74) is 6.92. The lowest BCUT2D eigenvalue weighted by Crippen LogP contribution is -2.42. The van der Waals surface area contributed by atoms with Crippen molar-refractivity contribution in [2.75, 3.05) is 0 Å². The molecule has 4 N–H and O–H groups in total. The molecule has 86 valence electrons. The summed E-state index contributed by atoms with van der Waals surface area (Å²) in [4.78, 5) is 11.7. The Morgan fingerprint density at radius 1 is 1.56 bits per heavy atom. The van der Waals surface area contributed by atoms with Gasteiger partial charge in [-0.1, -0.05) is 22.9 Å².